The number of amides is 1. The van der Waals surface area contributed by atoms with E-state index in [4.69, 9.17) is 0 Å². The monoisotopic (exact) mass is 415 g/mol. The minimum Gasteiger partial charge on any atom is -0.393 e. The van der Waals surface area contributed by atoms with Crippen LogP contribution in [0.25, 0.3) is 11.3 Å². The van der Waals surface area contributed by atoms with E-state index in [0.29, 0.717) is 12.8 Å². The Kier molecular flexibility index (Phi) is 5.60. The van der Waals surface area contributed by atoms with Crippen molar-refractivity contribution in [1.82, 2.24) is 14.5 Å². The molecule has 1 N–H and O–H groups in total. The maximum Gasteiger partial charge on any atom is 0.222 e. The lowest BCUT2D eigenvalue weighted by atomic mass is 9.86. The number of hydrogen-bond acceptors (Lipinski definition) is 3. The lowest BCUT2D eigenvalue weighted by molar-refractivity contribution is -0.133. The van der Waals surface area contributed by atoms with Crippen molar-refractivity contribution in [2.45, 2.75) is 44.2 Å². The first-order valence-corrected chi connectivity index (χ1v) is 11.3. The third-order valence-electron chi connectivity index (χ3n) is 6.97. The van der Waals surface area contributed by atoms with Crippen molar-refractivity contribution in [1.29, 1.82) is 0 Å². The number of imidazole rings is 1. The van der Waals surface area contributed by atoms with Crippen LogP contribution < -0.4 is 0 Å². The third kappa shape index (κ3) is 4.02. The van der Waals surface area contributed by atoms with Gasteiger partial charge in [-0.05, 0) is 42.7 Å². The van der Waals surface area contributed by atoms with Crippen LogP contribution in [0.2, 0.25) is 0 Å². The average molecular weight is 416 g/mol. The molecule has 160 valence electrons. The first-order valence-electron chi connectivity index (χ1n) is 11.3. The number of aryl methyl sites for hydroxylation is 1. The molecule has 2 unspecified atom stereocenters. The molecule has 3 aromatic rings. The minimum absolute atomic E-state index is 0.134. The molecule has 0 radical (unpaired) electrons. The van der Waals surface area contributed by atoms with Gasteiger partial charge in [0.2, 0.25) is 5.91 Å². The van der Waals surface area contributed by atoms with E-state index in [1.165, 1.54) is 16.7 Å². The van der Waals surface area contributed by atoms with Gasteiger partial charge in [0.05, 0.1) is 30.4 Å². The zero-order valence-electron chi connectivity index (χ0n) is 17.7. The zero-order valence-corrected chi connectivity index (χ0v) is 17.7. The van der Waals surface area contributed by atoms with Gasteiger partial charge in [-0.1, -0.05) is 54.6 Å². The summed E-state index contributed by atoms with van der Waals surface area (Å²) in [7, 11) is 0. The van der Waals surface area contributed by atoms with Crippen LogP contribution in [0.4, 0.5) is 0 Å². The first kappa shape index (κ1) is 20.0. The molecular formula is C26H29N3O2. The SMILES string of the molecule is O=C(CCc1ccccc1)N1CCC(C(O)CC2c3ccccc3-c3cncn32)CC1. The summed E-state index contributed by atoms with van der Waals surface area (Å²) < 4.78 is 2.19. The van der Waals surface area contributed by atoms with Crippen LogP contribution in [0.15, 0.2) is 67.1 Å². The van der Waals surface area contributed by atoms with Crippen LogP contribution in [-0.4, -0.2) is 44.7 Å². The highest BCUT2D eigenvalue weighted by molar-refractivity contribution is 5.76. The number of carbonyl (C=O) groups is 1. The number of aliphatic hydroxyl groups excluding tert-OH is 1. The summed E-state index contributed by atoms with van der Waals surface area (Å²) in [5, 5.41) is 11.1. The van der Waals surface area contributed by atoms with Crippen molar-refractivity contribution in [3.63, 3.8) is 0 Å². The largest absolute Gasteiger partial charge is 0.393 e. The number of rotatable bonds is 6. The number of aliphatic hydroxyl groups is 1. The molecule has 5 heteroatoms. The van der Waals surface area contributed by atoms with E-state index in [0.717, 1.165) is 38.0 Å². The van der Waals surface area contributed by atoms with Gasteiger partial charge in [-0.3, -0.25) is 4.79 Å². The summed E-state index contributed by atoms with van der Waals surface area (Å²) in [6.45, 7) is 1.49. The van der Waals surface area contributed by atoms with E-state index in [2.05, 4.69) is 45.9 Å². The van der Waals surface area contributed by atoms with Crippen LogP contribution in [0.5, 0.6) is 0 Å². The molecule has 0 spiro atoms. The van der Waals surface area contributed by atoms with Crippen molar-refractivity contribution in [3.05, 3.63) is 78.2 Å². The molecule has 1 amide bonds. The number of piperidine rings is 1. The second-order valence-corrected chi connectivity index (χ2v) is 8.80. The molecule has 2 aliphatic heterocycles. The fraction of sp³-hybridized carbons (Fsp3) is 0.385. The number of carbonyl (C=O) groups excluding carboxylic acids is 1. The molecule has 1 fully saturated rings. The molecule has 5 rings (SSSR count). The van der Waals surface area contributed by atoms with Crippen molar-refractivity contribution >= 4 is 5.91 Å². The van der Waals surface area contributed by atoms with Gasteiger partial charge < -0.3 is 14.6 Å². The number of benzene rings is 2. The Balaban J connectivity index is 1.16. The predicted molar refractivity (Wildman–Crippen MR) is 120 cm³/mol. The Morgan fingerprint density at radius 2 is 1.81 bits per heavy atom. The van der Waals surface area contributed by atoms with E-state index < -0.39 is 0 Å². The summed E-state index contributed by atoms with van der Waals surface area (Å²) in [5.74, 6) is 0.461. The third-order valence-corrected chi connectivity index (χ3v) is 6.97. The van der Waals surface area contributed by atoms with Gasteiger partial charge >= 0.3 is 0 Å². The molecule has 31 heavy (non-hydrogen) atoms. The number of likely N-dealkylation sites (tertiary alicyclic amines) is 1. The topological polar surface area (TPSA) is 58.4 Å². The van der Waals surface area contributed by atoms with Gasteiger partial charge in [-0.15, -0.1) is 0 Å². The van der Waals surface area contributed by atoms with Gasteiger partial charge in [-0.2, -0.15) is 0 Å². The molecule has 2 aromatic carbocycles. The Morgan fingerprint density at radius 1 is 1.06 bits per heavy atom. The first-order chi connectivity index (χ1) is 15.2. The van der Waals surface area contributed by atoms with Crippen molar-refractivity contribution in [2.75, 3.05) is 13.1 Å². The van der Waals surface area contributed by atoms with Crippen LogP contribution >= 0.6 is 0 Å². The lowest BCUT2D eigenvalue weighted by Gasteiger charge is -2.35. The molecule has 0 aliphatic carbocycles. The van der Waals surface area contributed by atoms with Crippen LogP contribution in [0.1, 0.15) is 42.9 Å². The maximum absolute atomic E-state index is 12.6. The van der Waals surface area contributed by atoms with Gasteiger partial charge in [0.25, 0.3) is 0 Å². The maximum atomic E-state index is 12.6. The van der Waals surface area contributed by atoms with E-state index in [1.807, 2.05) is 35.6 Å². The lowest BCUT2D eigenvalue weighted by Crippen LogP contribution is -2.41. The van der Waals surface area contributed by atoms with E-state index in [-0.39, 0.29) is 24.0 Å². The molecule has 2 aliphatic rings. The fourth-order valence-electron chi connectivity index (χ4n) is 5.18. The van der Waals surface area contributed by atoms with Gasteiger partial charge in [-0.25, -0.2) is 4.98 Å². The molecule has 2 atom stereocenters. The standard InChI is InChI=1S/C26H29N3O2/c30-25(16-23-21-8-4-5-9-22(21)24-17-27-18-29(23)24)20-12-14-28(15-13-20)26(31)11-10-19-6-2-1-3-7-19/h1-9,17-18,20,23,25,30H,10-16H2. The summed E-state index contributed by atoms with van der Waals surface area (Å²) in [6.07, 6.45) is 7.16. The number of fused-ring (bicyclic) bond motifs is 3. The molecule has 0 bridgehead atoms. The quantitative estimate of drug-likeness (QED) is 0.660. The highest BCUT2D eigenvalue weighted by atomic mass is 16.3. The molecule has 3 heterocycles. The van der Waals surface area contributed by atoms with Crippen molar-refractivity contribution in [3.8, 4) is 11.3 Å². The average Bonchev–Trinajstić information content (AvgIpc) is 3.41. The van der Waals surface area contributed by atoms with Crippen LogP contribution in [0.3, 0.4) is 0 Å². The Hall–Kier alpha value is -2.92. The molecular weight excluding hydrogens is 386 g/mol. The number of nitrogens with zero attached hydrogens (tertiary/aromatic N) is 3. The minimum atomic E-state index is -0.382. The molecule has 1 saturated heterocycles. The number of aromatic nitrogens is 2. The van der Waals surface area contributed by atoms with Crippen molar-refractivity contribution in [2.24, 2.45) is 5.92 Å². The summed E-state index contributed by atoms with van der Waals surface area (Å²) in [5.41, 5.74) is 4.83. The van der Waals surface area contributed by atoms with E-state index in [9.17, 15) is 9.90 Å². The molecule has 0 saturated carbocycles. The van der Waals surface area contributed by atoms with E-state index >= 15 is 0 Å². The van der Waals surface area contributed by atoms with E-state index in [1.54, 1.807) is 0 Å². The second kappa shape index (κ2) is 8.67. The summed E-state index contributed by atoms with van der Waals surface area (Å²) in [4.78, 5) is 18.9. The normalized spacial score (nSPS) is 19.1. The molecule has 5 nitrogen and oxygen atoms in total. The Morgan fingerprint density at radius 3 is 2.61 bits per heavy atom. The summed E-state index contributed by atoms with van der Waals surface area (Å²) in [6, 6.07) is 18.7. The zero-order chi connectivity index (χ0) is 21.2. The number of hydrogen-bond donors (Lipinski definition) is 1. The predicted octanol–water partition coefficient (Wildman–Crippen LogP) is 4.08. The van der Waals surface area contributed by atoms with Gasteiger partial charge in [0.1, 0.15) is 0 Å². The van der Waals surface area contributed by atoms with Crippen molar-refractivity contribution < 1.29 is 9.90 Å². The van der Waals surface area contributed by atoms with Gasteiger partial charge in [0, 0.05) is 25.1 Å². The van der Waals surface area contributed by atoms with Crippen LogP contribution in [-0.2, 0) is 11.2 Å². The Labute approximate surface area is 183 Å². The Bertz CT molecular complexity index is 1040. The van der Waals surface area contributed by atoms with Gasteiger partial charge in [0.15, 0.2) is 0 Å². The highest BCUT2D eigenvalue weighted by Crippen LogP contribution is 2.42. The fourth-order valence-corrected chi connectivity index (χ4v) is 5.18. The second-order valence-electron chi connectivity index (χ2n) is 8.80. The molecule has 1 aromatic heterocycles. The highest BCUT2D eigenvalue weighted by Gasteiger charge is 2.33. The van der Waals surface area contributed by atoms with Crippen LogP contribution in [0, 0.1) is 5.92 Å². The summed E-state index contributed by atoms with van der Waals surface area (Å²) >= 11 is 0. The smallest absolute Gasteiger partial charge is 0.222 e.